The summed E-state index contributed by atoms with van der Waals surface area (Å²) in [7, 11) is 0. The number of carbonyl (C=O) groups excluding carboxylic acids is 1. The lowest BCUT2D eigenvalue weighted by Crippen LogP contribution is -2.18. The molecule has 0 radical (unpaired) electrons. The first-order valence-corrected chi connectivity index (χ1v) is 4.39. The van der Waals surface area contributed by atoms with Gasteiger partial charge in [-0.25, -0.2) is 4.39 Å². The second-order valence-corrected chi connectivity index (χ2v) is 3.50. The normalized spacial score (nSPS) is 11.5. The van der Waals surface area contributed by atoms with Crippen molar-refractivity contribution >= 4 is 21.8 Å². The van der Waals surface area contributed by atoms with Crippen molar-refractivity contribution in [3.8, 4) is 0 Å². The van der Waals surface area contributed by atoms with Crippen molar-refractivity contribution in [1.82, 2.24) is 0 Å². The Hall–Kier alpha value is -1.11. The standard InChI is InChI=1S/C8H4BrF4NO/c9-4-2-1-3(7(14)15)6(10)5(4)8(11,12)13/h1-2H,(H2,14,15). The van der Waals surface area contributed by atoms with E-state index in [9.17, 15) is 22.4 Å². The van der Waals surface area contributed by atoms with E-state index in [1.807, 2.05) is 0 Å². The van der Waals surface area contributed by atoms with Gasteiger partial charge < -0.3 is 5.73 Å². The Morgan fingerprint density at radius 2 is 1.87 bits per heavy atom. The molecule has 82 valence electrons. The third kappa shape index (κ3) is 2.28. The Balaban J connectivity index is 3.51. The zero-order valence-electron chi connectivity index (χ0n) is 7.03. The van der Waals surface area contributed by atoms with Crippen LogP contribution in [0.1, 0.15) is 15.9 Å². The van der Waals surface area contributed by atoms with Crippen LogP contribution in [0.3, 0.4) is 0 Å². The van der Waals surface area contributed by atoms with Crippen LogP contribution >= 0.6 is 15.9 Å². The van der Waals surface area contributed by atoms with Gasteiger partial charge in [0, 0.05) is 4.47 Å². The maximum Gasteiger partial charge on any atom is 0.420 e. The largest absolute Gasteiger partial charge is 0.420 e. The molecule has 0 aliphatic heterocycles. The Bertz CT molecular complexity index is 416. The number of alkyl halides is 3. The van der Waals surface area contributed by atoms with Gasteiger partial charge >= 0.3 is 6.18 Å². The quantitative estimate of drug-likeness (QED) is 0.792. The molecule has 15 heavy (non-hydrogen) atoms. The third-order valence-electron chi connectivity index (χ3n) is 1.64. The number of amides is 1. The summed E-state index contributed by atoms with van der Waals surface area (Å²) in [5.74, 6) is -2.91. The van der Waals surface area contributed by atoms with Crippen LogP contribution in [0.4, 0.5) is 17.6 Å². The van der Waals surface area contributed by atoms with Gasteiger partial charge in [0.15, 0.2) is 0 Å². The molecule has 1 amide bonds. The van der Waals surface area contributed by atoms with Crippen molar-refractivity contribution in [1.29, 1.82) is 0 Å². The molecule has 0 aliphatic rings. The molecule has 1 aromatic carbocycles. The minimum absolute atomic E-state index is 0.475. The van der Waals surface area contributed by atoms with E-state index in [0.29, 0.717) is 0 Å². The van der Waals surface area contributed by atoms with Crippen LogP contribution in [0.25, 0.3) is 0 Å². The number of halogens is 5. The number of hydrogen-bond donors (Lipinski definition) is 1. The molecule has 0 fully saturated rings. The predicted octanol–water partition coefficient (Wildman–Crippen LogP) is 2.71. The molecular formula is C8H4BrF4NO. The number of benzene rings is 1. The average Bonchev–Trinajstić information content (AvgIpc) is 2.00. The van der Waals surface area contributed by atoms with Gasteiger partial charge in [-0.15, -0.1) is 0 Å². The van der Waals surface area contributed by atoms with Crippen LogP contribution in [-0.4, -0.2) is 5.91 Å². The molecule has 0 bridgehead atoms. The zero-order chi connectivity index (χ0) is 11.8. The van der Waals surface area contributed by atoms with E-state index in [4.69, 9.17) is 5.73 Å². The van der Waals surface area contributed by atoms with Crippen LogP contribution in [0.2, 0.25) is 0 Å². The molecule has 0 atom stereocenters. The van der Waals surface area contributed by atoms with Crippen molar-refractivity contribution in [2.75, 3.05) is 0 Å². The van der Waals surface area contributed by atoms with E-state index in [0.717, 1.165) is 12.1 Å². The number of rotatable bonds is 1. The summed E-state index contributed by atoms with van der Waals surface area (Å²) >= 11 is 2.55. The fourth-order valence-corrected chi connectivity index (χ4v) is 1.53. The molecule has 0 heterocycles. The minimum atomic E-state index is -4.88. The molecule has 7 heteroatoms. The molecule has 2 nitrogen and oxygen atoms in total. The van der Waals surface area contributed by atoms with Crippen LogP contribution in [0.5, 0.6) is 0 Å². The van der Waals surface area contributed by atoms with Gasteiger partial charge in [-0.3, -0.25) is 4.79 Å². The van der Waals surface area contributed by atoms with E-state index >= 15 is 0 Å². The molecular weight excluding hydrogens is 282 g/mol. The highest BCUT2D eigenvalue weighted by molar-refractivity contribution is 9.10. The highest BCUT2D eigenvalue weighted by Crippen LogP contribution is 2.37. The Morgan fingerprint density at radius 1 is 1.33 bits per heavy atom. The highest BCUT2D eigenvalue weighted by atomic mass is 79.9. The molecule has 0 aromatic heterocycles. The maximum atomic E-state index is 13.2. The van der Waals surface area contributed by atoms with E-state index < -0.39 is 33.5 Å². The lowest BCUT2D eigenvalue weighted by molar-refractivity contribution is -0.140. The lowest BCUT2D eigenvalue weighted by atomic mass is 10.1. The predicted molar refractivity (Wildman–Crippen MR) is 47.6 cm³/mol. The molecule has 0 unspecified atom stereocenters. The molecule has 0 saturated carbocycles. The van der Waals surface area contributed by atoms with Gasteiger partial charge in [-0.05, 0) is 12.1 Å². The summed E-state index contributed by atoms with van der Waals surface area (Å²) in [4.78, 5) is 10.6. The van der Waals surface area contributed by atoms with E-state index in [1.54, 1.807) is 0 Å². The van der Waals surface area contributed by atoms with Crippen molar-refractivity contribution < 1.29 is 22.4 Å². The van der Waals surface area contributed by atoms with Gasteiger partial charge in [-0.1, -0.05) is 15.9 Å². The van der Waals surface area contributed by atoms with Crippen LogP contribution in [0.15, 0.2) is 16.6 Å². The number of primary amides is 1. The fourth-order valence-electron chi connectivity index (χ4n) is 1.00. The van der Waals surface area contributed by atoms with Crippen molar-refractivity contribution in [2.45, 2.75) is 6.18 Å². The molecule has 1 aromatic rings. The third-order valence-corrected chi connectivity index (χ3v) is 2.30. The van der Waals surface area contributed by atoms with Crippen LogP contribution in [0, 0.1) is 5.82 Å². The van der Waals surface area contributed by atoms with Gasteiger partial charge in [0.1, 0.15) is 11.4 Å². The first-order chi connectivity index (χ1) is 6.75. The van der Waals surface area contributed by atoms with E-state index in [1.165, 1.54) is 0 Å². The minimum Gasteiger partial charge on any atom is -0.366 e. The summed E-state index contributed by atoms with van der Waals surface area (Å²) in [6.07, 6.45) is -4.88. The average molecular weight is 286 g/mol. The summed E-state index contributed by atoms with van der Waals surface area (Å²) in [5.41, 5.74) is 2.40. The van der Waals surface area contributed by atoms with Crippen molar-refractivity contribution in [3.63, 3.8) is 0 Å². The number of nitrogens with two attached hydrogens (primary N) is 1. The Labute approximate surface area is 90.2 Å². The maximum absolute atomic E-state index is 13.2. The lowest BCUT2D eigenvalue weighted by Gasteiger charge is -2.11. The first-order valence-electron chi connectivity index (χ1n) is 3.60. The SMILES string of the molecule is NC(=O)c1ccc(Br)c(C(F)(F)F)c1F. The second-order valence-electron chi connectivity index (χ2n) is 2.65. The summed E-state index contributed by atoms with van der Waals surface area (Å²) in [5, 5.41) is 0. The topological polar surface area (TPSA) is 43.1 Å². The molecule has 2 N–H and O–H groups in total. The van der Waals surface area contributed by atoms with Gasteiger partial charge in [0.2, 0.25) is 0 Å². The van der Waals surface area contributed by atoms with Gasteiger partial charge in [0.05, 0.1) is 5.56 Å². The van der Waals surface area contributed by atoms with Gasteiger partial charge in [-0.2, -0.15) is 13.2 Å². The smallest absolute Gasteiger partial charge is 0.366 e. The Kier molecular flexibility index (Phi) is 3.03. The second kappa shape index (κ2) is 3.80. The fraction of sp³-hybridized carbons (Fsp3) is 0.125. The van der Waals surface area contributed by atoms with Crippen LogP contribution < -0.4 is 5.73 Å². The highest BCUT2D eigenvalue weighted by Gasteiger charge is 2.38. The Morgan fingerprint density at radius 3 is 2.27 bits per heavy atom. The summed E-state index contributed by atoms with van der Waals surface area (Å²) in [6, 6.07) is 1.81. The first kappa shape index (κ1) is 12.0. The number of carbonyl (C=O) groups is 1. The molecule has 0 saturated heterocycles. The van der Waals surface area contributed by atoms with Gasteiger partial charge in [0.25, 0.3) is 5.91 Å². The van der Waals surface area contributed by atoms with Crippen LogP contribution in [-0.2, 0) is 6.18 Å². The summed E-state index contributed by atoms with van der Waals surface area (Å²) < 4.78 is 49.7. The molecule has 0 aliphatic carbocycles. The molecule has 1 rings (SSSR count). The summed E-state index contributed by atoms with van der Waals surface area (Å²) in [6.45, 7) is 0. The van der Waals surface area contributed by atoms with Crippen molar-refractivity contribution in [3.05, 3.63) is 33.5 Å². The van der Waals surface area contributed by atoms with E-state index in [2.05, 4.69) is 15.9 Å². The van der Waals surface area contributed by atoms with E-state index in [-0.39, 0.29) is 0 Å². The zero-order valence-corrected chi connectivity index (χ0v) is 8.62. The monoisotopic (exact) mass is 285 g/mol. The van der Waals surface area contributed by atoms with Crippen molar-refractivity contribution in [2.24, 2.45) is 5.73 Å². The number of hydrogen-bond acceptors (Lipinski definition) is 1. The molecule has 0 spiro atoms.